The Labute approximate surface area is 139 Å². The standard InChI is InChI=1S/C16H20FN5O2/c1-11(7-22-10-18-9-19-22)20-16(23)21-14-5-4-13(17)6-15(14)24-8-12-2-3-12/h4-6,9-12H,2-3,7-8H2,1H3,(H2,20,21,23)/t11-/m1/s1. The summed E-state index contributed by atoms with van der Waals surface area (Å²) >= 11 is 0. The first-order chi connectivity index (χ1) is 11.6. The van der Waals surface area contributed by atoms with Gasteiger partial charge in [-0.15, -0.1) is 0 Å². The molecule has 1 atom stereocenters. The van der Waals surface area contributed by atoms with Gasteiger partial charge in [-0.05, 0) is 37.8 Å². The van der Waals surface area contributed by atoms with E-state index in [1.165, 1.54) is 24.5 Å². The summed E-state index contributed by atoms with van der Waals surface area (Å²) < 4.78 is 20.7. The molecule has 1 aromatic carbocycles. The number of hydrogen-bond acceptors (Lipinski definition) is 4. The molecule has 1 fully saturated rings. The lowest BCUT2D eigenvalue weighted by atomic mass is 10.2. The number of hydrogen-bond donors (Lipinski definition) is 2. The minimum atomic E-state index is -0.397. The molecular formula is C16H20FN5O2. The van der Waals surface area contributed by atoms with Crippen molar-refractivity contribution in [1.29, 1.82) is 0 Å². The summed E-state index contributed by atoms with van der Waals surface area (Å²) in [6, 6.07) is 3.54. The number of amides is 2. The van der Waals surface area contributed by atoms with Crippen molar-refractivity contribution in [1.82, 2.24) is 20.1 Å². The van der Waals surface area contributed by atoms with E-state index >= 15 is 0 Å². The van der Waals surface area contributed by atoms with E-state index in [9.17, 15) is 9.18 Å². The van der Waals surface area contributed by atoms with E-state index in [1.54, 1.807) is 11.0 Å². The summed E-state index contributed by atoms with van der Waals surface area (Å²) in [5.74, 6) is 0.491. The average Bonchev–Trinajstić information content (AvgIpc) is 3.23. The van der Waals surface area contributed by atoms with E-state index in [-0.39, 0.29) is 12.1 Å². The maximum absolute atomic E-state index is 13.4. The molecule has 128 valence electrons. The van der Waals surface area contributed by atoms with Crippen molar-refractivity contribution < 1.29 is 13.9 Å². The molecular weight excluding hydrogens is 313 g/mol. The van der Waals surface area contributed by atoms with Crippen LogP contribution in [-0.4, -0.2) is 33.4 Å². The number of nitrogens with zero attached hydrogens (tertiary/aromatic N) is 3. The van der Waals surface area contributed by atoms with Crippen LogP contribution < -0.4 is 15.4 Å². The van der Waals surface area contributed by atoms with Gasteiger partial charge in [0.2, 0.25) is 0 Å². The van der Waals surface area contributed by atoms with Gasteiger partial charge < -0.3 is 15.4 Å². The summed E-state index contributed by atoms with van der Waals surface area (Å²) in [5.41, 5.74) is 0.447. The molecule has 8 heteroatoms. The lowest BCUT2D eigenvalue weighted by molar-refractivity contribution is 0.247. The van der Waals surface area contributed by atoms with Gasteiger partial charge in [-0.1, -0.05) is 0 Å². The van der Waals surface area contributed by atoms with Crippen LogP contribution in [0.5, 0.6) is 5.75 Å². The number of anilines is 1. The van der Waals surface area contributed by atoms with Crippen molar-refractivity contribution >= 4 is 11.7 Å². The second-order valence-corrected chi connectivity index (χ2v) is 6.01. The first kappa shape index (κ1) is 16.2. The van der Waals surface area contributed by atoms with Crippen LogP contribution in [-0.2, 0) is 6.54 Å². The number of ether oxygens (including phenoxy) is 1. The number of halogens is 1. The number of aromatic nitrogens is 3. The lowest BCUT2D eigenvalue weighted by Gasteiger charge is -2.16. The first-order valence-corrected chi connectivity index (χ1v) is 7.92. The van der Waals surface area contributed by atoms with E-state index in [2.05, 4.69) is 20.7 Å². The number of carbonyl (C=O) groups excluding carboxylic acids is 1. The lowest BCUT2D eigenvalue weighted by Crippen LogP contribution is -2.38. The molecule has 1 saturated carbocycles. The summed E-state index contributed by atoms with van der Waals surface area (Å²) in [5, 5.41) is 9.49. The Morgan fingerprint density at radius 3 is 3.04 bits per heavy atom. The number of benzene rings is 1. The summed E-state index contributed by atoms with van der Waals surface area (Å²) in [6.45, 7) is 2.90. The smallest absolute Gasteiger partial charge is 0.319 e. The van der Waals surface area contributed by atoms with Gasteiger partial charge in [0, 0.05) is 12.1 Å². The van der Waals surface area contributed by atoms with Crippen LogP contribution in [0.1, 0.15) is 19.8 Å². The third kappa shape index (κ3) is 4.68. The minimum Gasteiger partial charge on any atom is -0.491 e. The Morgan fingerprint density at radius 2 is 2.33 bits per heavy atom. The van der Waals surface area contributed by atoms with E-state index in [4.69, 9.17) is 4.74 Å². The molecule has 0 saturated heterocycles. The normalized spacial score (nSPS) is 14.9. The molecule has 0 unspecified atom stereocenters. The highest BCUT2D eigenvalue weighted by Gasteiger charge is 2.22. The van der Waals surface area contributed by atoms with Gasteiger partial charge in [-0.25, -0.2) is 14.2 Å². The summed E-state index contributed by atoms with van der Waals surface area (Å²) in [4.78, 5) is 16.0. The van der Waals surface area contributed by atoms with E-state index in [1.807, 2.05) is 6.92 Å². The predicted molar refractivity (Wildman–Crippen MR) is 86.3 cm³/mol. The second-order valence-electron chi connectivity index (χ2n) is 6.01. The monoisotopic (exact) mass is 333 g/mol. The van der Waals surface area contributed by atoms with Gasteiger partial charge in [-0.3, -0.25) is 4.68 Å². The van der Waals surface area contributed by atoms with E-state index < -0.39 is 5.82 Å². The number of urea groups is 1. The summed E-state index contributed by atoms with van der Waals surface area (Å²) in [6.07, 6.45) is 5.30. The fraction of sp³-hybridized carbons (Fsp3) is 0.438. The fourth-order valence-electron chi connectivity index (χ4n) is 2.25. The zero-order valence-corrected chi connectivity index (χ0v) is 13.4. The highest BCUT2D eigenvalue weighted by atomic mass is 19.1. The average molecular weight is 333 g/mol. The Morgan fingerprint density at radius 1 is 1.50 bits per heavy atom. The maximum atomic E-state index is 13.4. The molecule has 2 amide bonds. The molecule has 0 radical (unpaired) electrons. The SMILES string of the molecule is C[C@H](Cn1cncn1)NC(=O)Nc1ccc(F)cc1OCC1CC1. The molecule has 2 N–H and O–H groups in total. The largest absolute Gasteiger partial charge is 0.491 e. The molecule has 0 bridgehead atoms. The van der Waals surface area contributed by atoms with Gasteiger partial charge in [0.15, 0.2) is 0 Å². The second kappa shape index (κ2) is 7.29. The molecule has 3 rings (SSSR count). The van der Waals surface area contributed by atoms with Crippen molar-refractivity contribution in [2.45, 2.75) is 32.4 Å². The molecule has 24 heavy (non-hydrogen) atoms. The van der Waals surface area contributed by atoms with Crippen LogP contribution in [0.4, 0.5) is 14.9 Å². The van der Waals surface area contributed by atoms with Crippen molar-refractivity contribution in [2.24, 2.45) is 5.92 Å². The molecule has 0 spiro atoms. The predicted octanol–water partition coefficient (Wildman–Crippen LogP) is 2.42. The number of carbonyl (C=O) groups is 1. The molecule has 1 aliphatic carbocycles. The van der Waals surface area contributed by atoms with Crippen LogP contribution in [0.15, 0.2) is 30.9 Å². The Balaban J connectivity index is 1.56. The molecule has 1 aliphatic rings. The Hall–Kier alpha value is -2.64. The van der Waals surface area contributed by atoms with Gasteiger partial charge in [-0.2, -0.15) is 5.10 Å². The van der Waals surface area contributed by atoms with Crippen molar-refractivity contribution in [3.05, 3.63) is 36.7 Å². The van der Waals surface area contributed by atoms with E-state index in [0.717, 1.165) is 12.8 Å². The topological polar surface area (TPSA) is 81.1 Å². The van der Waals surface area contributed by atoms with Gasteiger partial charge in [0.25, 0.3) is 0 Å². The van der Waals surface area contributed by atoms with E-state index in [0.29, 0.717) is 30.5 Å². The zero-order valence-electron chi connectivity index (χ0n) is 13.4. The van der Waals surface area contributed by atoms with Gasteiger partial charge in [0.1, 0.15) is 24.2 Å². The molecule has 2 aromatic rings. The highest BCUT2D eigenvalue weighted by molar-refractivity contribution is 5.91. The van der Waals surface area contributed by atoms with Crippen molar-refractivity contribution in [3.8, 4) is 5.75 Å². The highest BCUT2D eigenvalue weighted by Crippen LogP contribution is 2.32. The van der Waals surface area contributed by atoms with Crippen LogP contribution in [0.2, 0.25) is 0 Å². The zero-order chi connectivity index (χ0) is 16.9. The van der Waals surface area contributed by atoms with Gasteiger partial charge in [0.05, 0.1) is 18.8 Å². The number of rotatable bonds is 7. The van der Waals surface area contributed by atoms with Crippen molar-refractivity contribution in [2.75, 3.05) is 11.9 Å². The third-order valence-electron chi connectivity index (χ3n) is 3.67. The molecule has 7 nitrogen and oxygen atoms in total. The van der Waals surface area contributed by atoms with Crippen LogP contribution in [0.3, 0.4) is 0 Å². The van der Waals surface area contributed by atoms with Crippen LogP contribution in [0, 0.1) is 11.7 Å². The molecule has 1 heterocycles. The Kier molecular flexibility index (Phi) is 4.93. The summed E-state index contributed by atoms with van der Waals surface area (Å²) in [7, 11) is 0. The van der Waals surface area contributed by atoms with Crippen molar-refractivity contribution in [3.63, 3.8) is 0 Å². The number of nitrogens with one attached hydrogen (secondary N) is 2. The molecule has 0 aliphatic heterocycles. The minimum absolute atomic E-state index is 0.150. The van der Waals surface area contributed by atoms with Gasteiger partial charge >= 0.3 is 6.03 Å². The van der Waals surface area contributed by atoms with Crippen LogP contribution >= 0.6 is 0 Å². The maximum Gasteiger partial charge on any atom is 0.319 e. The molecule has 1 aromatic heterocycles. The quantitative estimate of drug-likeness (QED) is 0.815. The first-order valence-electron chi connectivity index (χ1n) is 7.92. The Bertz CT molecular complexity index is 688. The van der Waals surface area contributed by atoms with Crippen LogP contribution in [0.25, 0.3) is 0 Å². The third-order valence-corrected chi connectivity index (χ3v) is 3.67. The fourth-order valence-corrected chi connectivity index (χ4v) is 2.25.